The summed E-state index contributed by atoms with van der Waals surface area (Å²) in [5.41, 5.74) is 0. The van der Waals surface area contributed by atoms with Crippen molar-refractivity contribution >= 4 is 0 Å². The minimum Gasteiger partial charge on any atom is -0.389 e. The van der Waals surface area contributed by atoms with Gasteiger partial charge in [-0.05, 0) is 19.8 Å². The Balaban J connectivity index is 2.14. The van der Waals surface area contributed by atoms with E-state index < -0.39 is 0 Å². The van der Waals surface area contributed by atoms with Gasteiger partial charge < -0.3 is 19.5 Å². The second-order valence-corrected chi connectivity index (χ2v) is 4.06. The number of ether oxygens (including phenoxy) is 2. The lowest BCUT2D eigenvalue weighted by Gasteiger charge is -2.32. The minimum atomic E-state index is -0.362. The predicted molar refractivity (Wildman–Crippen MR) is 59.0 cm³/mol. The molecule has 4 heteroatoms. The van der Waals surface area contributed by atoms with Gasteiger partial charge in [-0.25, -0.2) is 0 Å². The Morgan fingerprint density at radius 2 is 2.07 bits per heavy atom. The lowest BCUT2D eigenvalue weighted by atomic mass is 10.1. The maximum Gasteiger partial charge on any atom is 0.0900 e. The summed E-state index contributed by atoms with van der Waals surface area (Å²) in [5.74, 6) is 0. The molecule has 15 heavy (non-hydrogen) atoms. The van der Waals surface area contributed by atoms with Gasteiger partial charge in [0.15, 0.2) is 0 Å². The summed E-state index contributed by atoms with van der Waals surface area (Å²) in [6, 6.07) is 0. The number of likely N-dealkylation sites (tertiary alicyclic amines) is 1. The molecule has 1 rings (SSSR count). The molecule has 1 aliphatic heterocycles. The fourth-order valence-corrected chi connectivity index (χ4v) is 2.04. The van der Waals surface area contributed by atoms with E-state index in [4.69, 9.17) is 9.47 Å². The highest BCUT2D eigenvalue weighted by molar-refractivity contribution is 4.74. The maximum absolute atomic E-state index is 9.57. The molecule has 0 saturated carbocycles. The smallest absolute Gasteiger partial charge is 0.0900 e. The second-order valence-electron chi connectivity index (χ2n) is 4.06. The van der Waals surface area contributed by atoms with Crippen molar-refractivity contribution in [1.29, 1.82) is 0 Å². The Labute approximate surface area is 92.2 Å². The first-order chi connectivity index (χ1) is 7.26. The van der Waals surface area contributed by atoms with Crippen LogP contribution in [0.2, 0.25) is 0 Å². The van der Waals surface area contributed by atoms with Crippen LogP contribution in [0, 0.1) is 0 Å². The second kappa shape index (κ2) is 7.17. The van der Waals surface area contributed by atoms with Gasteiger partial charge in [0.05, 0.1) is 18.8 Å². The van der Waals surface area contributed by atoms with Crippen LogP contribution in [-0.2, 0) is 9.47 Å². The normalized spacial score (nSPS) is 21.8. The van der Waals surface area contributed by atoms with Gasteiger partial charge in [0.25, 0.3) is 0 Å². The van der Waals surface area contributed by atoms with Crippen LogP contribution in [0.3, 0.4) is 0 Å². The van der Waals surface area contributed by atoms with Crippen molar-refractivity contribution in [1.82, 2.24) is 4.90 Å². The van der Waals surface area contributed by atoms with Crippen molar-refractivity contribution in [2.75, 3.05) is 40.0 Å². The zero-order valence-corrected chi connectivity index (χ0v) is 9.82. The van der Waals surface area contributed by atoms with Gasteiger partial charge >= 0.3 is 0 Å². The summed E-state index contributed by atoms with van der Waals surface area (Å²) < 4.78 is 10.5. The average molecular weight is 217 g/mol. The first-order valence-electron chi connectivity index (χ1n) is 5.77. The molecule has 90 valence electrons. The number of aliphatic hydroxyl groups excluding tert-OH is 1. The van der Waals surface area contributed by atoms with E-state index in [9.17, 15) is 5.11 Å². The molecule has 0 spiro atoms. The number of hydrogen-bond donors (Lipinski definition) is 1. The highest BCUT2D eigenvalue weighted by Gasteiger charge is 2.20. The summed E-state index contributed by atoms with van der Waals surface area (Å²) in [4.78, 5) is 2.28. The van der Waals surface area contributed by atoms with Crippen LogP contribution in [0.25, 0.3) is 0 Å². The van der Waals surface area contributed by atoms with Crippen LogP contribution < -0.4 is 0 Å². The third-order valence-electron chi connectivity index (χ3n) is 2.76. The van der Waals surface area contributed by atoms with Crippen LogP contribution in [0.4, 0.5) is 0 Å². The van der Waals surface area contributed by atoms with Crippen molar-refractivity contribution in [2.45, 2.75) is 32.0 Å². The molecule has 0 aromatic carbocycles. The number of piperidine rings is 1. The van der Waals surface area contributed by atoms with Crippen LogP contribution in [0.1, 0.15) is 19.8 Å². The molecule has 0 bridgehead atoms. The molecule has 0 aliphatic carbocycles. The third kappa shape index (κ3) is 4.93. The van der Waals surface area contributed by atoms with Gasteiger partial charge in [-0.1, -0.05) is 0 Å². The van der Waals surface area contributed by atoms with Crippen molar-refractivity contribution < 1.29 is 14.6 Å². The minimum absolute atomic E-state index is 0.362. The Kier molecular flexibility index (Phi) is 6.17. The van der Waals surface area contributed by atoms with Gasteiger partial charge in [-0.2, -0.15) is 0 Å². The Morgan fingerprint density at radius 1 is 1.40 bits per heavy atom. The number of rotatable bonds is 6. The molecule has 0 radical (unpaired) electrons. The van der Waals surface area contributed by atoms with E-state index in [2.05, 4.69) is 4.90 Å². The Bertz CT molecular complexity index is 158. The van der Waals surface area contributed by atoms with Crippen LogP contribution in [-0.4, -0.2) is 62.2 Å². The van der Waals surface area contributed by atoms with Gasteiger partial charge in [-0.15, -0.1) is 0 Å². The monoisotopic (exact) mass is 217 g/mol. The van der Waals surface area contributed by atoms with Gasteiger partial charge in [0.1, 0.15) is 0 Å². The summed E-state index contributed by atoms with van der Waals surface area (Å²) in [5, 5.41) is 9.57. The molecule has 1 N–H and O–H groups in total. The topological polar surface area (TPSA) is 41.9 Å². The highest BCUT2D eigenvalue weighted by atomic mass is 16.5. The summed E-state index contributed by atoms with van der Waals surface area (Å²) in [6.07, 6.45) is 2.21. The zero-order chi connectivity index (χ0) is 11.1. The quantitative estimate of drug-likeness (QED) is 0.703. The van der Waals surface area contributed by atoms with Crippen LogP contribution in [0.5, 0.6) is 0 Å². The third-order valence-corrected chi connectivity index (χ3v) is 2.76. The predicted octanol–water partition coefficient (Wildman–Crippen LogP) is 0.495. The average Bonchev–Trinajstić information content (AvgIpc) is 2.22. The standard InChI is InChI=1S/C11H23NO3/c1-3-15-11-4-6-12(7-5-11)8-10(13)9-14-2/h10-11,13H,3-9H2,1-2H3. The van der Waals surface area contributed by atoms with E-state index in [1.165, 1.54) is 0 Å². The van der Waals surface area contributed by atoms with Gasteiger partial charge in [-0.3, -0.25) is 0 Å². The van der Waals surface area contributed by atoms with E-state index in [1.54, 1.807) is 7.11 Å². The van der Waals surface area contributed by atoms with E-state index in [1.807, 2.05) is 6.92 Å². The summed E-state index contributed by atoms with van der Waals surface area (Å²) >= 11 is 0. The molecule has 1 fully saturated rings. The number of hydrogen-bond acceptors (Lipinski definition) is 4. The first kappa shape index (κ1) is 12.9. The van der Waals surface area contributed by atoms with Crippen molar-refractivity contribution in [3.8, 4) is 0 Å². The molecule has 0 aromatic rings. The zero-order valence-electron chi connectivity index (χ0n) is 9.82. The molecule has 1 unspecified atom stereocenters. The maximum atomic E-state index is 9.57. The Hall–Kier alpha value is -0.160. The van der Waals surface area contributed by atoms with E-state index >= 15 is 0 Å². The molecular weight excluding hydrogens is 194 g/mol. The SMILES string of the molecule is CCOC1CCN(CC(O)COC)CC1. The van der Waals surface area contributed by atoms with E-state index in [-0.39, 0.29) is 6.10 Å². The van der Waals surface area contributed by atoms with Gasteiger partial charge in [0.2, 0.25) is 0 Å². The first-order valence-corrected chi connectivity index (χ1v) is 5.77. The van der Waals surface area contributed by atoms with Crippen molar-refractivity contribution in [3.05, 3.63) is 0 Å². The molecule has 0 aromatic heterocycles. The fourth-order valence-electron chi connectivity index (χ4n) is 2.04. The molecule has 0 amide bonds. The van der Waals surface area contributed by atoms with Crippen molar-refractivity contribution in [2.24, 2.45) is 0 Å². The summed E-state index contributed by atoms with van der Waals surface area (Å²) in [6.45, 7) is 6.01. The number of methoxy groups -OCH3 is 1. The fraction of sp³-hybridized carbons (Fsp3) is 1.00. The molecule has 1 heterocycles. The van der Waals surface area contributed by atoms with Gasteiger partial charge in [0, 0.05) is 33.4 Å². The lowest BCUT2D eigenvalue weighted by Crippen LogP contribution is -2.42. The molecular formula is C11H23NO3. The molecule has 1 aliphatic rings. The van der Waals surface area contributed by atoms with Crippen molar-refractivity contribution in [3.63, 3.8) is 0 Å². The summed E-state index contributed by atoms with van der Waals surface area (Å²) in [7, 11) is 1.62. The van der Waals surface area contributed by atoms with E-state index in [0.29, 0.717) is 19.3 Å². The lowest BCUT2D eigenvalue weighted by molar-refractivity contribution is -0.00804. The molecule has 1 saturated heterocycles. The number of aliphatic hydroxyl groups is 1. The van der Waals surface area contributed by atoms with Crippen LogP contribution >= 0.6 is 0 Å². The highest BCUT2D eigenvalue weighted by Crippen LogP contribution is 2.13. The largest absolute Gasteiger partial charge is 0.389 e. The van der Waals surface area contributed by atoms with E-state index in [0.717, 1.165) is 32.5 Å². The Morgan fingerprint density at radius 3 is 2.60 bits per heavy atom. The molecule has 1 atom stereocenters. The molecule has 4 nitrogen and oxygen atoms in total. The number of β-amino-alcohol motifs (C(OH)–C–C–N with tert-alkyl or cyclic N) is 1. The number of nitrogens with zero attached hydrogens (tertiary/aromatic N) is 1. The van der Waals surface area contributed by atoms with Crippen LogP contribution in [0.15, 0.2) is 0 Å².